The predicted octanol–water partition coefficient (Wildman–Crippen LogP) is 2.77. The van der Waals surface area contributed by atoms with Crippen LogP contribution in [0, 0.1) is 5.92 Å². The molecule has 0 amide bonds. The molecule has 1 heterocycles. The van der Waals surface area contributed by atoms with Crippen LogP contribution in [-0.4, -0.2) is 22.4 Å². The van der Waals surface area contributed by atoms with E-state index in [1.807, 2.05) is 17.9 Å². The summed E-state index contributed by atoms with van der Waals surface area (Å²) in [5.74, 6) is 0.728. The molecule has 0 aromatic carbocycles. The summed E-state index contributed by atoms with van der Waals surface area (Å²) in [5, 5.41) is 7.85. The van der Waals surface area contributed by atoms with Crippen LogP contribution in [0.3, 0.4) is 0 Å². The summed E-state index contributed by atoms with van der Waals surface area (Å²) in [6.07, 6.45) is 8.90. The zero-order chi connectivity index (χ0) is 12.7. The first-order chi connectivity index (χ1) is 8.17. The fourth-order valence-electron chi connectivity index (χ4n) is 2.27. The van der Waals surface area contributed by atoms with Gasteiger partial charge in [-0.1, -0.05) is 20.8 Å². The molecule has 17 heavy (non-hydrogen) atoms. The first-order valence-electron chi connectivity index (χ1n) is 6.88. The van der Waals surface area contributed by atoms with Gasteiger partial charge in [-0.3, -0.25) is 4.68 Å². The molecule has 1 aromatic heterocycles. The smallest absolute Gasteiger partial charge is 0.0521 e. The highest BCUT2D eigenvalue weighted by Gasteiger charge is 2.14. The second kappa shape index (κ2) is 7.49. The molecule has 0 saturated carbocycles. The van der Waals surface area contributed by atoms with E-state index >= 15 is 0 Å². The Morgan fingerprint density at radius 2 is 2.18 bits per heavy atom. The van der Waals surface area contributed by atoms with Crippen LogP contribution in [0.1, 0.15) is 45.6 Å². The van der Waals surface area contributed by atoms with E-state index < -0.39 is 0 Å². The van der Waals surface area contributed by atoms with Crippen LogP contribution >= 0.6 is 0 Å². The molecule has 1 N–H and O–H groups in total. The van der Waals surface area contributed by atoms with Crippen molar-refractivity contribution in [3.63, 3.8) is 0 Å². The van der Waals surface area contributed by atoms with Gasteiger partial charge in [0.05, 0.1) is 6.20 Å². The largest absolute Gasteiger partial charge is 0.314 e. The third-order valence-corrected chi connectivity index (χ3v) is 3.43. The van der Waals surface area contributed by atoms with E-state index in [2.05, 4.69) is 37.4 Å². The van der Waals surface area contributed by atoms with Crippen molar-refractivity contribution in [1.29, 1.82) is 0 Å². The minimum absolute atomic E-state index is 0.659. The zero-order valence-corrected chi connectivity index (χ0v) is 11.7. The van der Waals surface area contributed by atoms with E-state index in [0.29, 0.717) is 6.04 Å². The second-order valence-electron chi connectivity index (χ2n) is 5.01. The van der Waals surface area contributed by atoms with Crippen LogP contribution in [0.2, 0.25) is 0 Å². The van der Waals surface area contributed by atoms with Crippen molar-refractivity contribution in [1.82, 2.24) is 15.1 Å². The van der Waals surface area contributed by atoms with Crippen molar-refractivity contribution in [3.05, 3.63) is 18.0 Å². The standard InChI is InChI=1S/C14H27N3/c1-5-9-15-14(6-2)12(3)7-8-13-10-16-17(4)11-13/h10-12,14-15H,5-9H2,1-4H3. The van der Waals surface area contributed by atoms with Crippen LogP contribution < -0.4 is 5.32 Å². The Labute approximate surface area is 106 Å². The highest BCUT2D eigenvalue weighted by Crippen LogP contribution is 2.15. The molecular weight excluding hydrogens is 210 g/mol. The maximum absolute atomic E-state index is 4.21. The van der Waals surface area contributed by atoms with E-state index in [4.69, 9.17) is 0 Å². The van der Waals surface area contributed by atoms with E-state index in [-0.39, 0.29) is 0 Å². The van der Waals surface area contributed by atoms with Crippen molar-refractivity contribution >= 4 is 0 Å². The summed E-state index contributed by atoms with van der Waals surface area (Å²) in [4.78, 5) is 0. The summed E-state index contributed by atoms with van der Waals surface area (Å²) in [6.45, 7) is 7.98. The zero-order valence-electron chi connectivity index (χ0n) is 11.7. The van der Waals surface area contributed by atoms with Gasteiger partial charge in [-0.25, -0.2) is 0 Å². The normalized spacial score (nSPS) is 14.8. The average Bonchev–Trinajstić information content (AvgIpc) is 2.73. The van der Waals surface area contributed by atoms with Gasteiger partial charge in [0.1, 0.15) is 0 Å². The molecule has 0 radical (unpaired) electrons. The molecule has 1 rings (SSSR count). The number of nitrogens with one attached hydrogen (secondary N) is 1. The van der Waals surface area contributed by atoms with Crippen molar-refractivity contribution in [2.45, 2.75) is 52.5 Å². The minimum atomic E-state index is 0.659. The third kappa shape index (κ3) is 4.90. The highest BCUT2D eigenvalue weighted by atomic mass is 15.2. The second-order valence-corrected chi connectivity index (χ2v) is 5.01. The summed E-state index contributed by atoms with van der Waals surface area (Å²) >= 11 is 0. The quantitative estimate of drug-likeness (QED) is 0.753. The van der Waals surface area contributed by atoms with Gasteiger partial charge in [0.2, 0.25) is 0 Å². The molecule has 3 heteroatoms. The van der Waals surface area contributed by atoms with Crippen LogP contribution in [0.5, 0.6) is 0 Å². The summed E-state index contributed by atoms with van der Waals surface area (Å²) in [7, 11) is 1.98. The molecule has 0 saturated heterocycles. The lowest BCUT2D eigenvalue weighted by Gasteiger charge is -2.23. The maximum Gasteiger partial charge on any atom is 0.0521 e. The highest BCUT2D eigenvalue weighted by molar-refractivity contribution is 5.03. The SMILES string of the molecule is CCCNC(CC)C(C)CCc1cnn(C)c1. The van der Waals surface area contributed by atoms with Crippen LogP contribution in [0.25, 0.3) is 0 Å². The van der Waals surface area contributed by atoms with E-state index in [1.54, 1.807) is 0 Å². The van der Waals surface area contributed by atoms with Crippen molar-refractivity contribution < 1.29 is 0 Å². The Bertz CT molecular complexity index is 306. The lowest BCUT2D eigenvalue weighted by molar-refractivity contribution is 0.349. The van der Waals surface area contributed by atoms with E-state index in [9.17, 15) is 0 Å². The van der Waals surface area contributed by atoms with Gasteiger partial charge in [0.25, 0.3) is 0 Å². The Morgan fingerprint density at radius 1 is 1.41 bits per heavy atom. The first kappa shape index (κ1) is 14.2. The molecule has 0 bridgehead atoms. The number of aryl methyl sites for hydroxylation is 2. The van der Waals surface area contributed by atoms with Crippen LogP contribution in [0.4, 0.5) is 0 Å². The van der Waals surface area contributed by atoms with Crippen LogP contribution in [-0.2, 0) is 13.5 Å². The third-order valence-electron chi connectivity index (χ3n) is 3.43. The summed E-state index contributed by atoms with van der Waals surface area (Å²) < 4.78 is 1.88. The molecule has 2 atom stereocenters. The molecule has 98 valence electrons. The van der Waals surface area contributed by atoms with Gasteiger partial charge in [-0.15, -0.1) is 0 Å². The first-order valence-corrected chi connectivity index (χ1v) is 6.88. The molecule has 1 aromatic rings. The molecule has 0 fully saturated rings. The van der Waals surface area contributed by atoms with Gasteiger partial charge in [-0.2, -0.15) is 5.10 Å². The summed E-state index contributed by atoms with van der Waals surface area (Å²) in [5.41, 5.74) is 1.35. The lowest BCUT2D eigenvalue weighted by Crippen LogP contribution is -2.35. The Kier molecular flexibility index (Phi) is 6.27. The van der Waals surface area contributed by atoms with Crippen molar-refractivity contribution in [2.75, 3.05) is 6.54 Å². The van der Waals surface area contributed by atoms with Gasteiger partial charge >= 0.3 is 0 Å². The number of rotatable bonds is 8. The molecule has 0 aliphatic rings. The van der Waals surface area contributed by atoms with Gasteiger partial charge in [-0.05, 0) is 43.7 Å². The number of nitrogens with zero attached hydrogens (tertiary/aromatic N) is 2. The number of aromatic nitrogens is 2. The van der Waals surface area contributed by atoms with Gasteiger partial charge in [0, 0.05) is 19.3 Å². The molecule has 3 nitrogen and oxygen atoms in total. The topological polar surface area (TPSA) is 29.9 Å². The van der Waals surface area contributed by atoms with Crippen molar-refractivity contribution in [2.24, 2.45) is 13.0 Å². The molecular formula is C14H27N3. The van der Waals surface area contributed by atoms with Crippen LogP contribution in [0.15, 0.2) is 12.4 Å². The maximum atomic E-state index is 4.21. The predicted molar refractivity (Wildman–Crippen MR) is 73.1 cm³/mol. The average molecular weight is 237 g/mol. The van der Waals surface area contributed by atoms with E-state index in [1.165, 1.54) is 24.8 Å². The Balaban J connectivity index is 2.33. The van der Waals surface area contributed by atoms with E-state index in [0.717, 1.165) is 18.9 Å². The molecule has 0 aliphatic heterocycles. The van der Waals surface area contributed by atoms with Crippen molar-refractivity contribution in [3.8, 4) is 0 Å². The Morgan fingerprint density at radius 3 is 2.71 bits per heavy atom. The number of hydrogen-bond acceptors (Lipinski definition) is 2. The molecule has 0 spiro atoms. The van der Waals surface area contributed by atoms with Gasteiger partial charge in [0.15, 0.2) is 0 Å². The minimum Gasteiger partial charge on any atom is -0.314 e. The Hall–Kier alpha value is -0.830. The fourth-order valence-corrected chi connectivity index (χ4v) is 2.27. The monoisotopic (exact) mass is 237 g/mol. The fraction of sp³-hybridized carbons (Fsp3) is 0.786. The summed E-state index contributed by atoms with van der Waals surface area (Å²) in [6, 6.07) is 0.659. The lowest BCUT2D eigenvalue weighted by atomic mass is 9.93. The molecule has 2 unspecified atom stereocenters. The van der Waals surface area contributed by atoms with Gasteiger partial charge < -0.3 is 5.32 Å². The number of hydrogen-bond donors (Lipinski definition) is 1. The molecule has 0 aliphatic carbocycles.